The number of nitrogens with zero attached hydrogens (tertiary/aromatic N) is 1. The van der Waals surface area contributed by atoms with Crippen LogP contribution in [0.5, 0.6) is 5.75 Å². The lowest BCUT2D eigenvalue weighted by Crippen LogP contribution is -2.42. The zero-order valence-electron chi connectivity index (χ0n) is 13.9. The molecule has 0 fully saturated rings. The smallest absolute Gasteiger partial charge is 0.261 e. The Hall–Kier alpha value is -1.86. The molecule has 0 bridgehead atoms. The van der Waals surface area contributed by atoms with E-state index in [2.05, 4.69) is 27.3 Å². The van der Waals surface area contributed by atoms with E-state index in [1.54, 1.807) is 11.0 Å². The van der Waals surface area contributed by atoms with Gasteiger partial charge in [0, 0.05) is 13.1 Å². The quantitative estimate of drug-likeness (QED) is 0.804. The minimum atomic E-state index is -0.222. The molecule has 0 spiro atoms. The summed E-state index contributed by atoms with van der Waals surface area (Å²) in [5.74, 6) is 0.531. The van der Waals surface area contributed by atoms with E-state index in [0.29, 0.717) is 24.6 Å². The summed E-state index contributed by atoms with van der Waals surface area (Å²) in [5, 5.41) is 2.70. The minimum absolute atomic E-state index is 0.00877. The van der Waals surface area contributed by atoms with E-state index in [4.69, 9.17) is 4.74 Å². The summed E-state index contributed by atoms with van der Waals surface area (Å²) in [6, 6.07) is 9.59. The highest BCUT2D eigenvalue weighted by Gasteiger charge is 2.21. The number of rotatable bonds is 5. The van der Waals surface area contributed by atoms with Crippen molar-refractivity contribution in [1.29, 1.82) is 0 Å². The average Bonchev–Trinajstić information content (AvgIpc) is 3.05. The highest BCUT2D eigenvalue weighted by Crippen LogP contribution is 2.24. The molecule has 0 radical (unpaired) electrons. The number of halogens is 1. The molecule has 3 rings (SSSR count). The van der Waals surface area contributed by atoms with Gasteiger partial charge < -0.3 is 15.0 Å². The first-order valence-electron chi connectivity index (χ1n) is 8.12. The van der Waals surface area contributed by atoms with E-state index in [0.717, 1.165) is 21.5 Å². The van der Waals surface area contributed by atoms with E-state index in [9.17, 15) is 9.59 Å². The van der Waals surface area contributed by atoms with Crippen molar-refractivity contribution in [2.45, 2.75) is 19.9 Å². The molecule has 0 saturated heterocycles. The second-order valence-corrected chi connectivity index (χ2v) is 8.18. The van der Waals surface area contributed by atoms with Gasteiger partial charge in [-0.1, -0.05) is 6.07 Å². The van der Waals surface area contributed by atoms with E-state index in [-0.39, 0.29) is 18.4 Å². The van der Waals surface area contributed by atoms with Crippen LogP contribution in [0.4, 0.5) is 0 Å². The van der Waals surface area contributed by atoms with Gasteiger partial charge in [-0.2, -0.15) is 0 Å². The molecule has 0 aliphatic carbocycles. The van der Waals surface area contributed by atoms with E-state index in [1.807, 2.05) is 25.1 Å². The van der Waals surface area contributed by atoms with Gasteiger partial charge in [0.1, 0.15) is 5.75 Å². The fourth-order valence-corrected chi connectivity index (χ4v) is 4.10. The molecule has 7 heteroatoms. The Morgan fingerprint density at radius 2 is 2.12 bits per heavy atom. The van der Waals surface area contributed by atoms with Crippen molar-refractivity contribution in [2.24, 2.45) is 0 Å². The van der Waals surface area contributed by atoms with Crippen LogP contribution < -0.4 is 10.1 Å². The predicted molar refractivity (Wildman–Crippen MR) is 101 cm³/mol. The van der Waals surface area contributed by atoms with Crippen LogP contribution in [-0.4, -0.2) is 36.4 Å². The Labute approximate surface area is 159 Å². The summed E-state index contributed by atoms with van der Waals surface area (Å²) in [6.45, 7) is 3.79. The summed E-state index contributed by atoms with van der Waals surface area (Å²) >= 11 is 4.67. The molecule has 1 aromatic heterocycles. The third-order valence-electron chi connectivity index (χ3n) is 4.05. The normalized spacial score (nSPS) is 13.3. The lowest BCUT2D eigenvalue weighted by molar-refractivity contribution is -0.131. The molecule has 25 heavy (non-hydrogen) atoms. The maximum absolute atomic E-state index is 12.4. The van der Waals surface area contributed by atoms with Crippen molar-refractivity contribution in [3.63, 3.8) is 0 Å². The monoisotopic (exact) mass is 422 g/mol. The van der Waals surface area contributed by atoms with Crippen molar-refractivity contribution < 1.29 is 14.3 Å². The molecule has 5 nitrogen and oxygen atoms in total. The predicted octanol–water partition coefficient (Wildman–Crippen LogP) is 3.22. The van der Waals surface area contributed by atoms with Crippen molar-refractivity contribution >= 4 is 39.1 Å². The number of hydrogen-bond donors (Lipinski definition) is 1. The van der Waals surface area contributed by atoms with E-state index in [1.165, 1.54) is 16.9 Å². The van der Waals surface area contributed by atoms with Gasteiger partial charge in [-0.3, -0.25) is 9.59 Å². The van der Waals surface area contributed by atoms with Gasteiger partial charge in [-0.05, 0) is 64.7 Å². The Morgan fingerprint density at radius 3 is 2.84 bits per heavy atom. The molecule has 1 N–H and O–H groups in total. The van der Waals surface area contributed by atoms with Crippen LogP contribution in [-0.2, 0) is 17.8 Å². The first-order chi connectivity index (χ1) is 12.1. The minimum Gasteiger partial charge on any atom is -0.494 e. The fraction of sp³-hybridized carbons (Fsp3) is 0.333. The number of hydrogen-bond acceptors (Lipinski definition) is 4. The number of carbonyl (C=O) groups excluding carboxylic acids is 2. The molecule has 132 valence electrons. The topological polar surface area (TPSA) is 58.6 Å². The summed E-state index contributed by atoms with van der Waals surface area (Å²) < 4.78 is 6.42. The van der Waals surface area contributed by atoms with Gasteiger partial charge in [0.05, 0.1) is 21.8 Å². The third kappa shape index (κ3) is 4.41. The highest BCUT2D eigenvalue weighted by molar-refractivity contribution is 9.11. The van der Waals surface area contributed by atoms with Crippen LogP contribution in [0.15, 0.2) is 34.1 Å². The second kappa shape index (κ2) is 8.01. The highest BCUT2D eigenvalue weighted by atomic mass is 79.9. The molecule has 1 aromatic carbocycles. The number of nitrogens with one attached hydrogen (secondary N) is 1. The first-order valence-corrected chi connectivity index (χ1v) is 9.73. The summed E-state index contributed by atoms with van der Waals surface area (Å²) in [6.07, 6.45) is 0.819. The average molecular weight is 423 g/mol. The summed E-state index contributed by atoms with van der Waals surface area (Å²) in [7, 11) is 0. The fourth-order valence-electron chi connectivity index (χ4n) is 2.79. The van der Waals surface area contributed by atoms with Gasteiger partial charge in [-0.15, -0.1) is 11.3 Å². The Balaban J connectivity index is 1.58. The third-order valence-corrected chi connectivity index (χ3v) is 5.67. The van der Waals surface area contributed by atoms with Crippen LogP contribution in [0.3, 0.4) is 0 Å². The van der Waals surface area contributed by atoms with Crippen LogP contribution in [0.2, 0.25) is 0 Å². The standard InChI is InChI=1S/C18H19BrN2O3S/c1-2-24-14-4-3-12-7-8-21(11-13(12)9-14)17(22)10-20-18(23)15-5-6-16(19)25-15/h3-6,9H,2,7-8,10-11H2,1H3,(H,20,23). The largest absolute Gasteiger partial charge is 0.494 e. The Kier molecular flexibility index (Phi) is 5.75. The number of thiophene rings is 1. The van der Waals surface area contributed by atoms with Gasteiger partial charge in [0.2, 0.25) is 5.91 Å². The van der Waals surface area contributed by atoms with Crippen molar-refractivity contribution in [3.8, 4) is 5.75 Å². The van der Waals surface area contributed by atoms with Gasteiger partial charge in [-0.25, -0.2) is 0 Å². The van der Waals surface area contributed by atoms with Crippen molar-refractivity contribution in [1.82, 2.24) is 10.2 Å². The molecule has 1 aliphatic heterocycles. The Morgan fingerprint density at radius 1 is 1.28 bits per heavy atom. The zero-order valence-corrected chi connectivity index (χ0v) is 16.3. The van der Waals surface area contributed by atoms with E-state index >= 15 is 0 Å². The first kappa shape index (κ1) is 17.9. The van der Waals surface area contributed by atoms with Crippen LogP contribution in [0, 0.1) is 0 Å². The molecule has 0 saturated carbocycles. The van der Waals surface area contributed by atoms with E-state index < -0.39 is 0 Å². The number of carbonyl (C=O) groups is 2. The molecular weight excluding hydrogens is 404 g/mol. The maximum Gasteiger partial charge on any atom is 0.261 e. The number of amides is 2. The number of benzene rings is 1. The van der Waals surface area contributed by atoms with Crippen LogP contribution in [0.1, 0.15) is 27.7 Å². The van der Waals surface area contributed by atoms with Gasteiger partial charge in [0.15, 0.2) is 0 Å². The lowest BCUT2D eigenvalue weighted by atomic mass is 9.99. The molecule has 0 unspecified atom stereocenters. The van der Waals surface area contributed by atoms with Gasteiger partial charge >= 0.3 is 0 Å². The molecule has 2 aromatic rings. The molecule has 0 atom stereocenters. The van der Waals surface area contributed by atoms with Gasteiger partial charge in [0.25, 0.3) is 5.91 Å². The summed E-state index contributed by atoms with van der Waals surface area (Å²) in [4.78, 5) is 26.9. The Bertz CT molecular complexity index is 790. The van der Waals surface area contributed by atoms with Crippen LogP contribution >= 0.6 is 27.3 Å². The lowest BCUT2D eigenvalue weighted by Gasteiger charge is -2.29. The SMILES string of the molecule is CCOc1ccc2c(c1)CN(C(=O)CNC(=O)c1ccc(Br)s1)CC2. The van der Waals surface area contributed by atoms with Crippen LogP contribution in [0.25, 0.3) is 0 Å². The zero-order chi connectivity index (χ0) is 17.8. The molecular formula is C18H19BrN2O3S. The molecule has 1 aliphatic rings. The molecule has 2 amide bonds. The maximum atomic E-state index is 12.4. The molecule has 2 heterocycles. The van der Waals surface area contributed by atoms with Crippen molar-refractivity contribution in [2.75, 3.05) is 19.7 Å². The number of ether oxygens (including phenoxy) is 1. The van der Waals surface area contributed by atoms with Crippen molar-refractivity contribution in [3.05, 3.63) is 50.1 Å². The summed E-state index contributed by atoms with van der Waals surface area (Å²) in [5.41, 5.74) is 2.36. The number of fused-ring (bicyclic) bond motifs is 1. The second-order valence-electron chi connectivity index (χ2n) is 5.72.